The van der Waals surface area contributed by atoms with Gasteiger partial charge in [-0.2, -0.15) is 5.26 Å². The third kappa shape index (κ3) is 2.88. The normalized spacial score (nSPS) is 17.4. The molecule has 1 aliphatic rings. The van der Waals surface area contributed by atoms with Crippen LogP contribution in [0.4, 0.5) is 0 Å². The van der Waals surface area contributed by atoms with Gasteiger partial charge in [0.1, 0.15) is 30.0 Å². The van der Waals surface area contributed by atoms with Crippen LogP contribution in [0.5, 0.6) is 0 Å². The Morgan fingerprint density at radius 1 is 1.48 bits per heavy atom. The second-order valence-electron chi connectivity index (χ2n) is 5.59. The average molecular weight is 314 g/mol. The summed E-state index contributed by atoms with van der Waals surface area (Å²) in [5.41, 5.74) is 0.442. The summed E-state index contributed by atoms with van der Waals surface area (Å²) in [6.45, 7) is 2.77. The molecule has 0 unspecified atom stereocenters. The number of furan rings is 2. The van der Waals surface area contributed by atoms with Crippen molar-refractivity contribution in [3.05, 3.63) is 46.8 Å². The Kier molecular flexibility index (Phi) is 4.22. The van der Waals surface area contributed by atoms with Crippen molar-refractivity contribution in [3.8, 4) is 6.07 Å². The highest BCUT2D eigenvalue weighted by Crippen LogP contribution is 2.35. The number of hydrogen-bond acceptors (Lipinski definition) is 5. The van der Waals surface area contributed by atoms with Gasteiger partial charge in [-0.1, -0.05) is 0 Å². The largest absolute Gasteiger partial charge is 0.461 e. The van der Waals surface area contributed by atoms with Crippen molar-refractivity contribution in [2.24, 2.45) is 0 Å². The lowest BCUT2D eigenvalue weighted by molar-refractivity contribution is 0.0714. The van der Waals surface area contributed by atoms with Gasteiger partial charge in [0.05, 0.1) is 11.6 Å². The Labute approximate surface area is 134 Å². The first kappa shape index (κ1) is 15.4. The van der Waals surface area contributed by atoms with Gasteiger partial charge < -0.3 is 18.5 Å². The van der Waals surface area contributed by atoms with E-state index in [1.807, 2.05) is 18.2 Å². The monoisotopic (exact) mass is 314 g/mol. The Hall–Kier alpha value is -2.52. The van der Waals surface area contributed by atoms with Crippen LogP contribution in [0.1, 0.15) is 52.3 Å². The van der Waals surface area contributed by atoms with E-state index in [1.165, 1.54) is 6.07 Å². The molecule has 2 aromatic rings. The van der Waals surface area contributed by atoms with Crippen LogP contribution < -0.4 is 0 Å². The molecule has 0 aromatic carbocycles. The first-order valence-electron chi connectivity index (χ1n) is 7.53. The Morgan fingerprint density at radius 2 is 2.30 bits per heavy atom. The fourth-order valence-electron chi connectivity index (χ4n) is 3.00. The summed E-state index contributed by atoms with van der Waals surface area (Å²) in [4.78, 5) is 14.6. The van der Waals surface area contributed by atoms with E-state index < -0.39 is 0 Å². The molecule has 1 fully saturated rings. The number of nitriles is 1. The van der Waals surface area contributed by atoms with Crippen LogP contribution in [0.25, 0.3) is 0 Å². The van der Waals surface area contributed by atoms with Gasteiger partial charge in [-0.15, -0.1) is 0 Å². The summed E-state index contributed by atoms with van der Waals surface area (Å²) in [5, 5.41) is 8.91. The quantitative estimate of drug-likeness (QED) is 0.866. The molecule has 2 aromatic heterocycles. The number of hydrogen-bond donors (Lipinski definition) is 0. The average Bonchev–Trinajstić information content (AvgIpc) is 3.25. The van der Waals surface area contributed by atoms with Crippen LogP contribution >= 0.6 is 0 Å². The van der Waals surface area contributed by atoms with Crippen LogP contribution in [0.2, 0.25) is 0 Å². The van der Waals surface area contributed by atoms with Crippen molar-refractivity contribution in [1.82, 2.24) is 4.90 Å². The van der Waals surface area contributed by atoms with Gasteiger partial charge in [0.25, 0.3) is 5.91 Å². The summed E-state index contributed by atoms with van der Waals surface area (Å²) in [6, 6.07) is 7.11. The number of amides is 1. The van der Waals surface area contributed by atoms with Gasteiger partial charge in [-0.05, 0) is 31.9 Å². The highest BCUT2D eigenvalue weighted by atomic mass is 16.5. The van der Waals surface area contributed by atoms with E-state index in [9.17, 15) is 4.79 Å². The molecule has 0 bridgehead atoms. The fourth-order valence-corrected chi connectivity index (χ4v) is 3.00. The minimum atomic E-state index is -0.125. The Balaban J connectivity index is 1.84. The van der Waals surface area contributed by atoms with E-state index in [-0.39, 0.29) is 17.7 Å². The molecule has 0 spiro atoms. The van der Waals surface area contributed by atoms with Gasteiger partial charge >= 0.3 is 0 Å². The van der Waals surface area contributed by atoms with Crippen molar-refractivity contribution in [1.29, 1.82) is 5.26 Å². The molecule has 6 heteroatoms. The van der Waals surface area contributed by atoms with E-state index >= 15 is 0 Å². The zero-order chi connectivity index (χ0) is 16.4. The van der Waals surface area contributed by atoms with E-state index in [1.54, 1.807) is 18.9 Å². The number of carbonyl (C=O) groups is 1. The van der Waals surface area contributed by atoms with Crippen molar-refractivity contribution >= 4 is 5.91 Å². The first-order valence-corrected chi connectivity index (χ1v) is 7.53. The Bertz CT molecular complexity index is 753. The molecule has 0 saturated carbocycles. The summed E-state index contributed by atoms with van der Waals surface area (Å²) < 4.78 is 16.1. The van der Waals surface area contributed by atoms with Crippen molar-refractivity contribution < 1.29 is 18.4 Å². The van der Waals surface area contributed by atoms with Gasteiger partial charge in [-0.3, -0.25) is 4.79 Å². The van der Waals surface area contributed by atoms with Crippen LogP contribution in [-0.4, -0.2) is 24.5 Å². The summed E-state index contributed by atoms with van der Waals surface area (Å²) >= 11 is 0. The van der Waals surface area contributed by atoms with Crippen molar-refractivity contribution in [2.45, 2.75) is 32.4 Å². The zero-order valence-corrected chi connectivity index (χ0v) is 13.2. The highest BCUT2D eigenvalue weighted by molar-refractivity contribution is 5.95. The lowest BCUT2D eigenvalue weighted by atomic mass is 10.1. The molecule has 0 aliphatic carbocycles. The third-order valence-electron chi connectivity index (χ3n) is 4.07. The number of aryl methyl sites for hydroxylation is 1. The second kappa shape index (κ2) is 6.31. The number of rotatable bonds is 4. The molecule has 0 N–H and O–H groups in total. The predicted octanol–water partition coefficient (Wildman–Crippen LogP) is 3.18. The summed E-state index contributed by atoms with van der Waals surface area (Å²) in [6.07, 6.45) is 1.77. The smallest absolute Gasteiger partial charge is 0.258 e. The zero-order valence-electron chi connectivity index (χ0n) is 13.2. The molecule has 1 aliphatic heterocycles. The molecule has 6 nitrogen and oxygen atoms in total. The number of nitrogens with zero attached hydrogens (tertiary/aromatic N) is 2. The fraction of sp³-hybridized carbons (Fsp3) is 0.412. The maximum Gasteiger partial charge on any atom is 0.258 e. The predicted molar refractivity (Wildman–Crippen MR) is 80.6 cm³/mol. The van der Waals surface area contributed by atoms with Crippen LogP contribution in [-0.2, 0) is 11.3 Å². The van der Waals surface area contributed by atoms with Crippen LogP contribution in [0, 0.1) is 18.3 Å². The number of likely N-dealkylation sites (tertiary alicyclic amines) is 1. The van der Waals surface area contributed by atoms with Crippen molar-refractivity contribution in [3.63, 3.8) is 0 Å². The molecule has 0 radical (unpaired) electrons. The second-order valence-corrected chi connectivity index (χ2v) is 5.59. The summed E-state index contributed by atoms with van der Waals surface area (Å²) in [5.74, 6) is 2.01. The topological polar surface area (TPSA) is 79.6 Å². The molecule has 1 amide bonds. The molecule has 120 valence electrons. The molecule has 3 rings (SSSR count). The van der Waals surface area contributed by atoms with E-state index in [4.69, 9.17) is 18.8 Å². The van der Waals surface area contributed by atoms with E-state index in [2.05, 4.69) is 0 Å². The van der Waals surface area contributed by atoms with Gasteiger partial charge in [0.2, 0.25) is 5.76 Å². The van der Waals surface area contributed by atoms with Crippen LogP contribution in [0.3, 0.4) is 0 Å². The summed E-state index contributed by atoms with van der Waals surface area (Å²) in [7, 11) is 1.61. The minimum Gasteiger partial charge on any atom is -0.461 e. The van der Waals surface area contributed by atoms with E-state index in [0.717, 1.165) is 24.4 Å². The van der Waals surface area contributed by atoms with E-state index in [0.29, 0.717) is 24.5 Å². The Morgan fingerprint density at radius 3 is 3.00 bits per heavy atom. The molecular formula is C17H18N2O4. The lowest BCUT2D eigenvalue weighted by Gasteiger charge is -2.22. The highest BCUT2D eigenvalue weighted by Gasteiger charge is 2.34. The SMILES string of the molecule is COCc1ccc([C@H]2CCCN2C(=O)c2cc(C#N)oc2C)o1. The molecule has 1 saturated heterocycles. The number of ether oxygens (including phenoxy) is 1. The van der Waals surface area contributed by atoms with Gasteiger partial charge in [0, 0.05) is 19.7 Å². The molecule has 1 atom stereocenters. The van der Waals surface area contributed by atoms with Crippen LogP contribution in [0.15, 0.2) is 27.0 Å². The third-order valence-corrected chi connectivity index (χ3v) is 4.07. The molecular weight excluding hydrogens is 296 g/mol. The molecule has 3 heterocycles. The lowest BCUT2D eigenvalue weighted by Crippen LogP contribution is -2.30. The van der Waals surface area contributed by atoms with Gasteiger partial charge in [-0.25, -0.2) is 0 Å². The van der Waals surface area contributed by atoms with Gasteiger partial charge in [0.15, 0.2) is 0 Å². The number of methoxy groups -OCH3 is 1. The minimum absolute atomic E-state index is 0.0899. The maximum absolute atomic E-state index is 12.8. The molecule has 23 heavy (non-hydrogen) atoms. The standard InChI is InChI=1S/C17H18N2O4/c1-11-14(8-13(9-18)22-11)17(20)19-7-3-4-15(19)16-6-5-12(23-16)10-21-2/h5-6,8,15H,3-4,7,10H2,1-2H3/t15-/m1/s1. The first-order chi connectivity index (χ1) is 11.1. The number of carbonyl (C=O) groups excluding carboxylic acids is 1. The maximum atomic E-state index is 12.8. The van der Waals surface area contributed by atoms with Crippen molar-refractivity contribution in [2.75, 3.05) is 13.7 Å².